The summed E-state index contributed by atoms with van der Waals surface area (Å²) < 4.78 is 27.7. The first-order valence-corrected chi connectivity index (χ1v) is 12.7. The Balaban J connectivity index is 1.57. The number of benzene rings is 1. The smallest absolute Gasteiger partial charge is 0.232 e. The van der Waals surface area contributed by atoms with Gasteiger partial charge in [-0.15, -0.1) is 11.3 Å². The summed E-state index contributed by atoms with van der Waals surface area (Å²) in [5, 5.41) is 3.14. The summed E-state index contributed by atoms with van der Waals surface area (Å²) in [6, 6.07) is 5.61. The SMILES string of the molecule is CCS(=O)(=O)Nc1ccc2nc(SCC(=O)NC3CCCCCC3)sc2c1. The van der Waals surface area contributed by atoms with Gasteiger partial charge in [0.05, 0.1) is 27.4 Å². The zero-order valence-electron chi connectivity index (χ0n) is 15.4. The number of aromatic nitrogens is 1. The molecule has 0 saturated heterocycles. The van der Waals surface area contributed by atoms with Gasteiger partial charge in [-0.1, -0.05) is 37.4 Å². The van der Waals surface area contributed by atoms with E-state index >= 15 is 0 Å². The molecule has 0 unspecified atom stereocenters. The maximum absolute atomic E-state index is 12.2. The minimum Gasteiger partial charge on any atom is -0.353 e. The van der Waals surface area contributed by atoms with E-state index in [1.165, 1.54) is 48.8 Å². The summed E-state index contributed by atoms with van der Waals surface area (Å²) in [5.74, 6) is 0.443. The maximum Gasteiger partial charge on any atom is 0.232 e. The van der Waals surface area contributed by atoms with Gasteiger partial charge in [0.15, 0.2) is 4.34 Å². The zero-order valence-corrected chi connectivity index (χ0v) is 17.8. The van der Waals surface area contributed by atoms with E-state index in [0.29, 0.717) is 17.5 Å². The van der Waals surface area contributed by atoms with Crippen LogP contribution in [0.25, 0.3) is 10.2 Å². The molecule has 9 heteroatoms. The second kappa shape index (κ2) is 9.25. The number of sulfonamides is 1. The zero-order chi connectivity index (χ0) is 19.3. The first-order valence-electron chi connectivity index (χ1n) is 9.28. The van der Waals surface area contributed by atoms with Gasteiger partial charge in [0.25, 0.3) is 0 Å². The minimum atomic E-state index is -3.30. The van der Waals surface area contributed by atoms with E-state index in [1.807, 2.05) is 0 Å². The molecular formula is C18H25N3O3S3. The van der Waals surface area contributed by atoms with Crippen molar-refractivity contribution in [3.8, 4) is 0 Å². The van der Waals surface area contributed by atoms with E-state index in [1.54, 1.807) is 25.1 Å². The first kappa shape index (κ1) is 20.4. The van der Waals surface area contributed by atoms with E-state index in [9.17, 15) is 13.2 Å². The monoisotopic (exact) mass is 427 g/mol. The highest BCUT2D eigenvalue weighted by Gasteiger charge is 2.16. The van der Waals surface area contributed by atoms with Gasteiger partial charge in [-0.05, 0) is 38.0 Å². The average Bonchev–Trinajstić information content (AvgIpc) is 2.86. The van der Waals surface area contributed by atoms with Crippen LogP contribution in [0.15, 0.2) is 22.5 Å². The van der Waals surface area contributed by atoms with Crippen molar-refractivity contribution in [1.29, 1.82) is 0 Å². The highest BCUT2D eigenvalue weighted by atomic mass is 32.2. The predicted octanol–water partition coefficient (Wildman–Crippen LogP) is 3.99. The standard InChI is InChI=1S/C18H25N3O3S3/c1-2-27(23,24)21-14-9-10-15-16(11-14)26-18(20-15)25-12-17(22)19-13-7-5-3-4-6-8-13/h9-11,13,21H,2-8,12H2,1H3,(H,19,22). The lowest BCUT2D eigenvalue weighted by Gasteiger charge is -2.15. The fourth-order valence-corrected chi connectivity index (χ4v) is 5.65. The van der Waals surface area contributed by atoms with E-state index in [0.717, 1.165) is 27.4 Å². The topological polar surface area (TPSA) is 88.2 Å². The number of hydrogen-bond donors (Lipinski definition) is 2. The van der Waals surface area contributed by atoms with Gasteiger partial charge in [-0.25, -0.2) is 13.4 Å². The summed E-state index contributed by atoms with van der Waals surface area (Å²) in [5.41, 5.74) is 1.35. The number of hydrogen-bond acceptors (Lipinski definition) is 6. The van der Waals surface area contributed by atoms with Gasteiger partial charge < -0.3 is 5.32 Å². The molecule has 1 saturated carbocycles. The Morgan fingerprint density at radius 2 is 2.00 bits per heavy atom. The van der Waals surface area contributed by atoms with Gasteiger partial charge in [-0.2, -0.15) is 0 Å². The van der Waals surface area contributed by atoms with E-state index in [2.05, 4.69) is 15.0 Å². The number of anilines is 1. The van der Waals surface area contributed by atoms with E-state index < -0.39 is 10.0 Å². The molecule has 1 fully saturated rings. The van der Waals surface area contributed by atoms with Crippen LogP contribution in [0.3, 0.4) is 0 Å². The number of fused-ring (bicyclic) bond motifs is 1. The second-order valence-electron chi connectivity index (χ2n) is 6.71. The summed E-state index contributed by atoms with van der Waals surface area (Å²) in [6.07, 6.45) is 7.08. The van der Waals surface area contributed by atoms with Crippen LogP contribution in [-0.2, 0) is 14.8 Å². The number of amides is 1. The number of thiazole rings is 1. The van der Waals surface area contributed by atoms with Gasteiger partial charge in [0.1, 0.15) is 0 Å². The minimum absolute atomic E-state index is 0.0327. The van der Waals surface area contributed by atoms with Crippen molar-refractivity contribution < 1.29 is 13.2 Å². The molecule has 0 atom stereocenters. The summed E-state index contributed by atoms with van der Waals surface area (Å²) in [4.78, 5) is 16.8. The Hall–Kier alpha value is -1.32. The number of thioether (sulfide) groups is 1. The molecule has 148 valence electrons. The van der Waals surface area contributed by atoms with Crippen molar-refractivity contribution in [3.63, 3.8) is 0 Å². The van der Waals surface area contributed by atoms with Gasteiger partial charge >= 0.3 is 0 Å². The van der Waals surface area contributed by atoms with Crippen LogP contribution in [0.2, 0.25) is 0 Å². The number of nitrogens with zero attached hydrogens (tertiary/aromatic N) is 1. The molecule has 1 aromatic carbocycles. The molecule has 1 aliphatic carbocycles. The lowest BCUT2D eigenvalue weighted by molar-refractivity contribution is -0.119. The Labute approximate surface area is 168 Å². The van der Waals surface area contributed by atoms with Crippen LogP contribution in [0, 0.1) is 0 Å². The molecule has 0 aliphatic heterocycles. The molecule has 2 aromatic rings. The van der Waals surface area contributed by atoms with Crippen LogP contribution in [0.1, 0.15) is 45.4 Å². The third-order valence-corrected chi connectivity index (χ3v) is 8.04. The molecule has 1 aromatic heterocycles. The average molecular weight is 428 g/mol. The molecular weight excluding hydrogens is 402 g/mol. The van der Waals surface area contributed by atoms with Crippen molar-refractivity contribution in [2.45, 2.75) is 55.8 Å². The van der Waals surface area contributed by atoms with E-state index in [-0.39, 0.29) is 11.7 Å². The molecule has 6 nitrogen and oxygen atoms in total. The van der Waals surface area contributed by atoms with Crippen molar-refractivity contribution in [3.05, 3.63) is 18.2 Å². The summed E-state index contributed by atoms with van der Waals surface area (Å²) >= 11 is 2.90. The maximum atomic E-state index is 12.2. The molecule has 1 amide bonds. The van der Waals surface area contributed by atoms with Crippen LogP contribution >= 0.6 is 23.1 Å². The van der Waals surface area contributed by atoms with Crippen LogP contribution in [0.4, 0.5) is 5.69 Å². The number of carbonyl (C=O) groups excluding carboxylic acids is 1. The van der Waals surface area contributed by atoms with Gasteiger partial charge in [-0.3, -0.25) is 9.52 Å². The quantitative estimate of drug-likeness (QED) is 0.515. The third kappa shape index (κ3) is 6.08. The van der Waals surface area contributed by atoms with Crippen molar-refractivity contribution in [1.82, 2.24) is 10.3 Å². The Kier molecular flexibility index (Phi) is 6.99. The molecule has 27 heavy (non-hydrogen) atoms. The molecule has 1 aliphatic rings. The van der Waals surface area contributed by atoms with Crippen molar-refractivity contribution in [2.75, 3.05) is 16.2 Å². The van der Waals surface area contributed by atoms with E-state index in [4.69, 9.17) is 0 Å². The molecule has 2 N–H and O–H groups in total. The highest BCUT2D eigenvalue weighted by Crippen LogP contribution is 2.31. The summed E-state index contributed by atoms with van der Waals surface area (Å²) in [6.45, 7) is 1.60. The lowest BCUT2D eigenvalue weighted by Crippen LogP contribution is -2.35. The normalized spacial score (nSPS) is 16.2. The van der Waals surface area contributed by atoms with Crippen LogP contribution in [-0.4, -0.2) is 36.9 Å². The highest BCUT2D eigenvalue weighted by molar-refractivity contribution is 8.01. The number of rotatable bonds is 7. The molecule has 0 bridgehead atoms. The van der Waals surface area contributed by atoms with Gasteiger partial charge in [0.2, 0.25) is 15.9 Å². The number of carbonyl (C=O) groups is 1. The Morgan fingerprint density at radius 3 is 2.70 bits per heavy atom. The van der Waals surface area contributed by atoms with Crippen LogP contribution < -0.4 is 10.0 Å². The lowest BCUT2D eigenvalue weighted by atomic mass is 10.1. The molecule has 0 radical (unpaired) electrons. The molecule has 3 rings (SSSR count). The Morgan fingerprint density at radius 1 is 1.26 bits per heavy atom. The van der Waals surface area contributed by atoms with Crippen LogP contribution in [0.5, 0.6) is 0 Å². The Bertz CT molecular complexity index is 888. The van der Waals surface area contributed by atoms with Gasteiger partial charge in [0, 0.05) is 6.04 Å². The molecule has 0 spiro atoms. The van der Waals surface area contributed by atoms with Crippen molar-refractivity contribution in [2.24, 2.45) is 0 Å². The fourth-order valence-electron chi connectivity index (χ4n) is 3.10. The third-order valence-electron chi connectivity index (χ3n) is 4.57. The fraction of sp³-hybridized carbons (Fsp3) is 0.556. The second-order valence-corrected chi connectivity index (χ2v) is 11.0. The molecule has 1 heterocycles. The van der Waals surface area contributed by atoms with Crippen molar-refractivity contribution >= 4 is 54.9 Å². The first-order chi connectivity index (χ1) is 12.9. The predicted molar refractivity (Wildman–Crippen MR) is 113 cm³/mol. The number of nitrogens with one attached hydrogen (secondary N) is 2. The summed E-state index contributed by atoms with van der Waals surface area (Å²) in [7, 11) is -3.30. The largest absolute Gasteiger partial charge is 0.353 e.